The summed E-state index contributed by atoms with van der Waals surface area (Å²) in [6, 6.07) is 0.767. The van der Waals surface area contributed by atoms with Crippen LogP contribution in [0, 0.1) is 0 Å². The van der Waals surface area contributed by atoms with E-state index in [0.29, 0.717) is 6.04 Å². The van der Waals surface area contributed by atoms with Gasteiger partial charge < -0.3 is 10.6 Å². The summed E-state index contributed by atoms with van der Waals surface area (Å²) in [5.41, 5.74) is 7.09. The van der Waals surface area contributed by atoms with Gasteiger partial charge in [-0.05, 0) is 31.9 Å². The third-order valence-corrected chi connectivity index (χ3v) is 4.17. The zero-order chi connectivity index (χ0) is 14.5. The molecular weight excluding hydrogens is 250 g/mol. The first-order chi connectivity index (χ1) is 9.63. The van der Waals surface area contributed by atoms with Crippen LogP contribution >= 0.6 is 0 Å². The molecule has 0 aromatic carbocycles. The van der Waals surface area contributed by atoms with Crippen LogP contribution in [0.3, 0.4) is 0 Å². The molecule has 0 spiro atoms. The average molecular weight is 277 g/mol. The van der Waals surface area contributed by atoms with Gasteiger partial charge in [-0.3, -0.25) is 4.90 Å². The van der Waals surface area contributed by atoms with Crippen molar-refractivity contribution in [1.29, 1.82) is 0 Å². The van der Waals surface area contributed by atoms with Crippen molar-refractivity contribution in [2.45, 2.75) is 45.7 Å². The summed E-state index contributed by atoms with van der Waals surface area (Å²) in [6.07, 6.45) is 5.69. The van der Waals surface area contributed by atoms with E-state index in [2.05, 4.69) is 40.5 Å². The SMILES string of the molecule is CCC(N)Cc1cnc(N2CCN(CC)C(C)C2)nc1. The molecule has 1 saturated heterocycles. The number of likely N-dealkylation sites (N-methyl/N-ethyl adjacent to an activating group) is 1. The summed E-state index contributed by atoms with van der Waals surface area (Å²) in [4.78, 5) is 13.8. The summed E-state index contributed by atoms with van der Waals surface area (Å²) in [5.74, 6) is 0.849. The molecule has 0 saturated carbocycles. The maximum atomic E-state index is 5.96. The van der Waals surface area contributed by atoms with Crippen molar-refractivity contribution in [3.63, 3.8) is 0 Å². The van der Waals surface area contributed by atoms with Gasteiger partial charge in [0, 0.05) is 44.1 Å². The van der Waals surface area contributed by atoms with Gasteiger partial charge in [0.2, 0.25) is 5.95 Å². The zero-order valence-electron chi connectivity index (χ0n) is 12.9. The molecule has 0 radical (unpaired) electrons. The van der Waals surface area contributed by atoms with E-state index in [1.807, 2.05) is 12.4 Å². The summed E-state index contributed by atoms with van der Waals surface area (Å²) in [5, 5.41) is 0. The second-order valence-electron chi connectivity index (χ2n) is 5.69. The number of nitrogens with two attached hydrogens (primary N) is 1. The van der Waals surface area contributed by atoms with Gasteiger partial charge in [-0.25, -0.2) is 9.97 Å². The molecule has 2 rings (SSSR count). The summed E-state index contributed by atoms with van der Waals surface area (Å²) in [7, 11) is 0. The van der Waals surface area contributed by atoms with Gasteiger partial charge in [0.15, 0.2) is 0 Å². The van der Waals surface area contributed by atoms with Gasteiger partial charge in [0.25, 0.3) is 0 Å². The van der Waals surface area contributed by atoms with E-state index in [1.54, 1.807) is 0 Å². The quantitative estimate of drug-likeness (QED) is 0.879. The number of nitrogens with zero attached hydrogens (tertiary/aromatic N) is 4. The lowest BCUT2D eigenvalue weighted by Gasteiger charge is -2.39. The molecule has 0 amide bonds. The van der Waals surface area contributed by atoms with Crippen molar-refractivity contribution in [3.8, 4) is 0 Å². The van der Waals surface area contributed by atoms with E-state index in [-0.39, 0.29) is 6.04 Å². The Labute approximate surface area is 122 Å². The fraction of sp³-hybridized carbons (Fsp3) is 0.733. The zero-order valence-corrected chi connectivity index (χ0v) is 12.9. The van der Waals surface area contributed by atoms with Gasteiger partial charge >= 0.3 is 0 Å². The Morgan fingerprint density at radius 1 is 1.30 bits per heavy atom. The number of hydrogen-bond acceptors (Lipinski definition) is 5. The first-order valence-electron chi connectivity index (χ1n) is 7.69. The molecule has 112 valence electrons. The van der Waals surface area contributed by atoms with Gasteiger partial charge in [0.1, 0.15) is 0 Å². The van der Waals surface area contributed by atoms with Gasteiger partial charge in [0.05, 0.1) is 0 Å². The van der Waals surface area contributed by atoms with Crippen LogP contribution in [0.2, 0.25) is 0 Å². The second-order valence-corrected chi connectivity index (χ2v) is 5.69. The third kappa shape index (κ3) is 3.67. The predicted molar refractivity (Wildman–Crippen MR) is 82.9 cm³/mol. The van der Waals surface area contributed by atoms with E-state index in [0.717, 1.165) is 50.5 Å². The van der Waals surface area contributed by atoms with Gasteiger partial charge in [-0.2, -0.15) is 0 Å². The topological polar surface area (TPSA) is 58.3 Å². The third-order valence-electron chi connectivity index (χ3n) is 4.17. The molecule has 2 unspecified atom stereocenters. The normalized spacial score (nSPS) is 22.0. The number of piperazine rings is 1. The molecule has 5 nitrogen and oxygen atoms in total. The minimum Gasteiger partial charge on any atom is -0.338 e. The first-order valence-corrected chi connectivity index (χ1v) is 7.69. The molecular formula is C15H27N5. The van der Waals surface area contributed by atoms with Crippen LogP contribution in [0.25, 0.3) is 0 Å². The van der Waals surface area contributed by atoms with Crippen LogP contribution in [-0.4, -0.2) is 53.1 Å². The van der Waals surface area contributed by atoms with E-state index < -0.39 is 0 Å². The number of rotatable bonds is 5. The van der Waals surface area contributed by atoms with Gasteiger partial charge in [-0.1, -0.05) is 13.8 Å². The Bertz CT molecular complexity index is 405. The fourth-order valence-electron chi connectivity index (χ4n) is 2.71. The lowest BCUT2D eigenvalue weighted by Crippen LogP contribution is -2.52. The number of hydrogen-bond donors (Lipinski definition) is 1. The largest absolute Gasteiger partial charge is 0.338 e. The van der Waals surface area contributed by atoms with Crippen LogP contribution < -0.4 is 10.6 Å². The van der Waals surface area contributed by atoms with Crippen molar-refractivity contribution in [3.05, 3.63) is 18.0 Å². The van der Waals surface area contributed by atoms with Crippen molar-refractivity contribution < 1.29 is 0 Å². The smallest absolute Gasteiger partial charge is 0.225 e. The van der Waals surface area contributed by atoms with E-state index in [9.17, 15) is 0 Å². The lowest BCUT2D eigenvalue weighted by atomic mass is 10.1. The Morgan fingerprint density at radius 3 is 2.55 bits per heavy atom. The lowest BCUT2D eigenvalue weighted by molar-refractivity contribution is 0.198. The maximum Gasteiger partial charge on any atom is 0.225 e. The van der Waals surface area contributed by atoms with E-state index >= 15 is 0 Å². The van der Waals surface area contributed by atoms with Crippen LogP contribution in [0.5, 0.6) is 0 Å². The maximum absolute atomic E-state index is 5.96. The highest BCUT2D eigenvalue weighted by Gasteiger charge is 2.23. The summed E-state index contributed by atoms with van der Waals surface area (Å²) in [6.45, 7) is 10.8. The summed E-state index contributed by atoms with van der Waals surface area (Å²) >= 11 is 0. The second kappa shape index (κ2) is 6.99. The Kier molecular flexibility index (Phi) is 5.31. The molecule has 1 aromatic heterocycles. The minimum absolute atomic E-state index is 0.206. The van der Waals surface area contributed by atoms with E-state index in [4.69, 9.17) is 5.73 Å². The first kappa shape index (κ1) is 15.2. The Balaban J connectivity index is 1.96. The number of anilines is 1. The van der Waals surface area contributed by atoms with Crippen molar-refractivity contribution in [2.75, 3.05) is 31.1 Å². The highest BCUT2D eigenvalue weighted by atomic mass is 15.3. The minimum atomic E-state index is 0.206. The molecule has 0 bridgehead atoms. The molecule has 2 atom stereocenters. The number of aromatic nitrogens is 2. The van der Waals surface area contributed by atoms with E-state index in [1.165, 1.54) is 0 Å². The molecule has 1 fully saturated rings. The highest BCUT2D eigenvalue weighted by Crippen LogP contribution is 2.15. The van der Waals surface area contributed by atoms with Crippen molar-refractivity contribution >= 4 is 5.95 Å². The standard InChI is InChI=1S/C15H27N5/c1-4-14(16)8-13-9-17-15(18-10-13)20-7-6-19(5-2)12(3)11-20/h9-10,12,14H,4-8,11,16H2,1-3H3. The van der Waals surface area contributed by atoms with Crippen molar-refractivity contribution in [2.24, 2.45) is 5.73 Å². The molecule has 5 heteroatoms. The monoisotopic (exact) mass is 277 g/mol. The van der Waals surface area contributed by atoms with Crippen molar-refractivity contribution in [1.82, 2.24) is 14.9 Å². The Morgan fingerprint density at radius 2 is 2.00 bits per heavy atom. The molecule has 0 aliphatic carbocycles. The predicted octanol–water partition coefficient (Wildman–Crippen LogP) is 1.29. The van der Waals surface area contributed by atoms with Crippen LogP contribution in [0.15, 0.2) is 12.4 Å². The molecule has 20 heavy (non-hydrogen) atoms. The molecule has 1 aliphatic rings. The van der Waals surface area contributed by atoms with Gasteiger partial charge in [-0.15, -0.1) is 0 Å². The summed E-state index contributed by atoms with van der Waals surface area (Å²) < 4.78 is 0. The molecule has 1 aromatic rings. The molecule has 2 heterocycles. The highest BCUT2D eigenvalue weighted by molar-refractivity contribution is 5.31. The Hall–Kier alpha value is -1.20. The van der Waals surface area contributed by atoms with Crippen LogP contribution in [0.4, 0.5) is 5.95 Å². The molecule has 2 N–H and O–H groups in total. The van der Waals surface area contributed by atoms with Crippen LogP contribution in [-0.2, 0) is 6.42 Å². The van der Waals surface area contributed by atoms with Crippen LogP contribution in [0.1, 0.15) is 32.8 Å². The average Bonchev–Trinajstić information content (AvgIpc) is 2.47. The fourth-order valence-corrected chi connectivity index (χ4v) is 2.71. The molecule has 1 aliphatic heterocycles.